The van der Waals surface area contributed by atoms with Crippen LogP contribution in [0.25, 0.3) is 0 Å². The molecule has 1 fully saturated rings. The molecule has 1 N–H and O–H groups in total. The molecule has 22 heavy (non-hydrogen) atoms. The van der Waals surface area contributed by atoms with E-state index in [1.54, 1.807) is 18.4 Å². The van der Waals surface area contributed by atoms with Crippen molar-refractivity contribution in [2.45, 2.75) is 32.4 Å². The number of thiophene rings is 1. The second kappa shape index (κ2) is 8.50. The van der Waals surface area contributed by atoms with E-state index >= 15 is 0 Å². The van der Waals surface area contributed by atoms with Crippen LogP contribution < -0.4 is 5.32 Å². The highest BCUT2D eigenvalue weighted by Crippen LogP contribution is 2.23. The zero-order chi connectivity index (χ0) is 15.9. The summed E-state index contributed by atoms with van der Waals surface area (Å²) in [7, 11) is 1.68. The van der Waals surface area contributed by atoms with Crippen LogP contribution in [0.3, 0.4) is 0 Å². The normalized spacial score (nSPS) is 19.0. The summed E-state index contributed by atoms with van der Waals surface area (Å²) in [5.41, 5.74) is 1.37. The molecule has 1 aromatic rings. The molecule has 0 radical (unpaired) electrons. The second-order valence-electron chi connectivity index (χ2n) is 5.89. The van der Waals surface area contributed by atoms with Crippen molar-refractivity contribution in [1.29, 1.82) is 0 Å². The second-order valence-corrected chi connectivity index (χ2v) is 6.67. The Kier molecular flexibility index (Phi) is 6.67. The quantitative estimate of drug-likeness (QED) is 0.874. The van der Waals surface area contributed by atoms with E-state index in [1.807, 2.05) is 11.8 Å². The van der Waals surface area contributed by atoms with Crippen molar-refractivity contribution >= 4 is 17.4 Å². The number of ether oxygens (including phenoxy) is 1. The van der Waals surface area contributed by atoms with Crippen LogP contribution in [0, 0.1) is 0 Å². The summed E-state index contributed by atoms with van der Waals surface area (Å²) in [5, 5.41) is 7.38. The van der Waals surface area contributed by atoms with Crippen LogP contribution in [0.4, 0.5) is 4.79 Å². The number of carbonyl (C=O) groups is 1. The fourth-order valence-electron chi connectivity index (χ4n) is 2.70. The van der Waals surface area contributed by atoms with Gasteiger partial charge in [-0.25, -0.2) is 4.79 Å². The zero-order valence-electron chi connectivity index (χ0n) is 13.7. The molecule has 5 nitrogen and oxygen atoms in total. The van der Waals surface area contributed by atoms with Crippen LogP contribution in [0.5, 0.6) is 0 Å². The van der Waals surface area contributed by atoms with E-state index in [-0.39, 0.29) is 12.1 Å². The van der Waals surface area contributed by atoms with Gasteiger partial charge in [-0.15, -0.1) is 0 Å². The molecule has 1 saturated heterocycles. The van der Waals surface area contributed by atoms with E-state index in [0.29, 0.717) is 12.6 Å². The van der Waals surface area contributed by atoms with Crippen molar-refractivity contribution < 1.29 is 9.53 Å². The molecule has 2 heterocycles. The molecule has 1 aliphatic rings. The van der Waals surface area contributed by atoms with Gasteiger partial charge >= 0.3 is 6.03 Å². The lowest BCUT2D eigenvalue weighted by molar-refractivity contribution is 0.111. The number of hydrogen-bond donors (Lipinski definition) is 1. The lowest BCUT2D eigenvalue weighted by Gasteiger charge is -2.38. The van der Waals surface area contributed by atoms with Gasteiger partial charge in [-0.1, -0.05) is 0 Å². The van der Waals surface area contributed by atoms with E-state index in [4.69, 9.17) is 4.74 Å². The van der Waals surface area contributed by atoms with Gasteiger partial charge in [0.15, 0.2) is 0 Å². The third-order valence-electron chi connectivity index (χ3n) is 4.30. The molecule has 1 aliphatic heterocycles. The van der Waals surface area contributed by atoms with Crippen molar-refractivity contribution in [2.24, 2.45) is 0 Å². The first-order valence-electron chi connectivity index (χ1n) is 7.92. The van der Waals surface area contributed by atoms with Crippen LogP contribution in [-0.2, 0) is 4.74 Å². The van der Waals surface area contributed by atoms with E-state index in [0.717, 1.165) is 32.6 Å². The monoisotopic (exact) mass is 325 g/mol. The number of hydrogen-bond acceptors (Lipinski definition) is 4. The number of carbonyl (C=O) groups excluding carboxylic acids is 1. The van der Waals surface area contributed by atoms with Crippen molar-refractivity contribution in [3.63, 3.8) is 0 Å². The predicted octanol–water partition coefficient (Wildman–Crippen LogP) is 2.56. The number of nitrogens with one attached hydrogen (secondary N) is 1. The minimum atomic E-state index is 0.0476. The first-order chi connectivity index (χ1) is 10.6. The summed E-state index contributed by atoms with van der Waals surface area (Å²) in [4.78, 5) is 16.6. The molecule has 0 aliphatic carbocycles. The molecular formula is C16H27N3O2S. The molecule has 1 aromatic heterocycles. The van der Waals surface area contributed by atoms with Crippen LogP contribution in [-0.4, -0.2) is 61.8 Å². The van der Waals surface area contributed by atoms with Crippen molar-refractivity contribution in [3.8, 4) is 0 Å². The van der Waals surface area contributed by atoms with Crippen LogP contribution in [0.2, 0.25) is 0 Å². The van der Waals surface area contributed by atoms with Crippen molar-refractivity contribution in [1.82, 2.24) is 15.1 Å². The Morgan fingerprint density at radius 2 is 2.09 bits per heavy atom. The van der Waals surface area contributed by atoms with Crippen LogP contribution in [0.1, 0.15) is 31.9 Å². The maximum Gasteiger partial charge on any atom is 0.317 e. The molecule has 0 unspecified atom stereocenters. The molecule has 124 valence electrons. The van der Waals surface area contributed by atoms with E-state index < -0.39 is 0 Å². The Hall–Kier alpha value is -1.11. The summed E-state index contributed by atoms with van der Waals surface area (Å²) in [5.74, 6) is 0. The van der Waals surface area contributed by atoms with Crippen molar-refractivity contribution in [3.05, 3.63) is 22.4 Å². The fourth-order valence-corrected chi connectivity index (χ4v) is 3.45. The standard InChI is InChI=1S/C16H27N3O2S/c1-13(4-10-21-3)17-16(20)19-8-6-18(7-9-19)14(2)15-5-11-22-12-15/h5,11-14H,4,6-10H2,1-3H3,(H,17,20)/t13-,14+/m1/s1. The average molecular weight is 325 g/mol. The summed E-state index contributed by atoms with van der Waals surface area (Å²) in [6, 6.07) is 2.81. The number of urea groups is 1. The minimum absolute atomic E-state index is 0.0476. The highest BCUT2D eigenvalue weighted by atomic mass is 32.1. The summed E-state index contributed by atoms with van der Waals surface area (Å²) < 4.78 is 5.04. The van der Waals surface area contributed by atoms with Gasteiger partial charge < -0.3 is 15.0 Å². The number of amides is 2. The van der Waals surface area contributed by atoms with Gasteiger partial charge in [0, 0.05) is 52.0 Å². The average Bonchev–Trinajstić information content (AvgIpc) is 3.06. The van der Waals surface area contributed by atoms with Crippen LogP contribution in [0.15, 0.2) is 16.8 Å². The molecule has 0 spiro atoms. The summed E-state index contributed by atoms with van der Waals surface area (Å²) >= 11 is 1.74. The molecule has 2 amide bonds. The van der Waals surface area contributed by atoms with Gasteiger partial charge in [0.1, 0.15) is 0 Å². The van der Waals surface area contributed by atoms with Gasteiger partial charge in [0.2, 0.25) is 0 Å². The molecular weight excluding hydrogens is 298 g/mol. The number of rotatable bonds is 6. The van der Waals surface area contributed by atoms with Crippen LogP contribution >= 0.6 is 11.3 Å². The lowest BCUT2D eigenvalue weighted by Crippen LogP contribution is -2.53. The Morgan fingerprint density at radius 1 is 1.36 bits per heavy atom. The third-order valence-corrected chi connectivity index (χ3v) is 5.00. The lowest BCUT2D eigenvalue weighted by atomic mass is 10.1. The molecule has 0 bridgehead atoms. The third kappa shape index (κ3) is 4.69. The molecule has 6 heteroatoms. The molecule has 2 atom stereocenters. The smallest absolute Gasteiger partial charge is 0.317 e. The fraction of sp³-hybridized carbons (Fsp3) is 0.688. The topological polar surface area (TPSA) is 44.8 Å². The molecule has 0 aromatic carbocycles. The van der Waals surface area contributed by atoms with E-state index in [1.165, 1.54) is 5.56 Å². The number of methoxy groups -OCH3 is 1. The first kappa shape index (κ1) is 17.2. The number of piperazine rings is 1. The Labute approximate surface area is 137 Å². The highest BCUT2D eigenvalue weighted by Gasteiger charge is 2.25. The Bertz CT molecular complexity index is 444. The maximum atomic E-state index is 12.2. The molecule has 2 rings (SSSR count). The molecule has 0 saturated carbocycles. The van der Waals surface area contributed by atoms with E-state index in [2.05, 4.69) is 34.0 Å². The SMILES string of the molecule is COCC[C@@H](C)NC(=O)N1CCN([C@@H](C)c2ccsc2)CC1. The predicted molar refractivity (Wildman–Crippen MR) is 90.4 cm³/mol. The largest absolute Gasteiger partial charge is 0.385 e. The summed E-state index contributed by atoms with van der Waals surface area (Å²) in [6.07, 6.45) is 0.845. The van der Waals surface area contributed by atoms with Gasteiger partial charge in [-0.3, -0.25) is 4.90 Å². The van der Waals surface area contributed by atoms with Gasteiger partial charge in [0.25, 0.3) is 0 Å². The first-order valence-corrected chi connectivity index (χ1v) is 8.86. The zero-order valence-corrected chi connectivity index (χ0v) is 14.6. The highest BCUT2D eigenvalue weighted by molar-refractivity contribution is 7.07. The maximum absolute atomic E-state index is 12.2. The van der Waals surface area contributed by atoms with Gasteiger partial charge in [0.05, 0.1) is 0 Å². The summed E-state index contributed by atoms with van der Waals surface area (Å²) in [6.45, 7) is 8.37. The van der Waals surface area contributed by atoms with Gasteiger partial charge in [-0.2, -0.15) is 11.3 Å². The number of nitrogens with zero attached hydrogens (tertiary/aromatic N) is 2. The Morgan fingerprint density at radius 3 is 2.68 bits per heavy atom. The Balaban J connectivity index is 1.75. The minimum Gasteiger partial charge on any atom is -0.385 e. The van der Waals surface area contributed by atoms with Gasteiger partial charge in [-0.05, 0) is 42.7 Å². The van der Waals surface area contributed by atoms with Crippen molar-refractivity contribution in [2.75, 3.05) is 39.9 Å². The van der Waals surface area contributed by atoms with E-state index in [9.17, 15) is 4.79 Å².